The fraction of sp³-hybridized carbons (Fsp3) is 0.160. The Labute approximate surface area is 211 Å². The maximum absolute atomic E-state index is 12.4. The number of halogens is 2. The fourth-order valence-corrected chi connectivity index (χ4v) is 3.33. The molecule has 0 fully saturated rings. The highest BCUT2D eigenvalue weighted by Crippen LogP contribution is 2.28. The quantitative estimate of drug-likeness (QED) is 0.214. The summed E-state index contributed by atoms with van der Waals surface area (Å²) in [5.74, 6) is -0.831. The first-order chi connectivity index (χ1) is 16.4. The van der Waals surface area contributed by atoms with E-state index in [2.05, 4.69) is 31.8 Å². The SMILES string of the molecule is COc1cc(C=NNC(=O)C(C)C(=O)Nc2ccccc2Br)ccc1OCc1ccc(Cl)cc1. The zero-order chi connectivity index (χ0) is 24.5. The maximum Gasteiger partial charge on any atom is 0.252 e. The van der Waals surface area contributed by atoms with Crippen molar-refractivity contribution in [2.24, 2.45) is 11.0 Å². The number of hydrogen-bond acceptors (Lipinski definition) is 5. The lowest BCUT2D eigenvalue weighted by Crippen LogP contribution is -2.34. The van der Waals surface area contributed by atoms with Crippen LogP contribution in [0.3, 0.4) is 0 Å². The van der Waals surface area contributed by atoms with Crippen LogP contribution in [0.5, 0.6) is 11.5 Å². The molecule has 3 aromatic rings. The number of nitrogens with one attached hydrogen (secondary N) is 2. The van der Waals surface area contributed by atoms with E-state index >= 15 is 0 Å². The molecule has 2 N–H and O–H groups in total. The summed E-state index contributed by atoms with van der Waals surface area (Å²) < 4.78 is 12.0. The molecule has 0 heterocycles. The lowest BCUT2D eigenvalue weighted by atomic mass is 10.1. The molecule has 0 radical (unpaired) electrons. The van der Waals surface area contributed by atoms with Crippen LogP contribution in [0.1, 0.15) is 18.1 Å². The van der Waals surface area contributed by atoms with E-state index in [4.69, 9.17) is 21.1 Å². The lowest BCUT2D eigenvalue weighted by molar-refractivity contribution is -0.131. The third-order valence-corrected chi connectivity index (χ3v) is 5.75. The van der Waals surface area contributed by atoms with Gasteiger partial charge in [0.1, 0.15) is 12.5 Å². The van der Waals surface area contributed by atoms with Crippen molar-refractivity contribution in [3.8, 4) is 11.5 Å². The Morgan fingerprint density at radius 1 is 1.06 bits per heavy atom. The fourth-order valence-electron chi connectivity index (χ4n) is 2.82. The normalized spacial score (nSPS) is 11.6. The first-order valence-corrected chi connectivity index (χ1v) is 11.5. The van der Waals surface area contributed by atoms with E-state index in [0.29, 0.717) is 34.4 Å². The summed E-state index contributed by atoms with van der Waals surface area (Å²) in [5.41, 5.74) is 4.63. The van der Waals surface area contributed by atoms with Gasteiger partial charge in [-0.3, -0.25) is 9.59 Å². The summed E-state index contributed by atoms with van der Waals surface area (Å²) in [4.78, 5) is 24.7. The van der Waals surface area contributed by atoms with Crippen molar-refractivity contribution in [2.75, 3.05) is 12.4 Å². The molecule has 0 saturated carbocycles. The molecule has 0 aliphatic carbocycles. The van der Waals surface area contributed by atoms with Gasteiger partial charge < -0.3 is 14.8 Å². The van der Waals surface area contributed by atoms with E-state index in [-0.39, 0.29) is 0 Å². The van der Waals surface area contributed by atoms with Crippen molar-refractivity contribution in [1.82, 2.24) is 5.43 Å². The average Bonchev–Trinajstić information content (AvgIpc) is 2.84. The van der Waals surface area contributed by atoms with Crippen LogP contribution in [0.2, 0.25) is 5.02 Å². The van der Waals surface area contributed by atoms with E-state index in [1.807, 2.05) is 18.2 Å². The minimum absolute atomic E-state index is 0.358. The van der Waals surface area contributed by atoms with Gasteiger partial charge in [-0.05, 0) is 76.4 Å². The lowest BCUT2D eigenvalue weighted by Gasteiger charge is -2.12. The minimum Gasteiger partial charge on any atom is -0.493 e. The van der Waals surface area contributed by atoms with Crippen LogP contribution in [0.15, 0.2) is 76.3 Å². The van der Waals surface area contributed by atoms with Crippen LogP contribution >= 0.6 is 27.5 Å². The summed E-state index contributed by atoms with van der Waals surface area (Å²) in [6, 6.07) is 19.8. The van der Waals surface area contributed by atoms with Gasteiger partial charge in [0.15, 0.2) is 11.5 Å². The smallest absolute Gasteiger partial charge is 0.252 e. The van der Waals surface area contributed by atoms with Gasteiger partial charge in [-0.25, -0.2) is 5.43 Å². The second kappa shape index (κ2) is 12.2. The van der Waals surface area contributed by atoms with Crippen LogP contribution in [0.25, 0.3) is 0 Å². The molecule has 1 atom stereocenters. The van der Waals surface area contributed by atoms with E-state index in [1.165, 1.54) is 13.1 Å². The number of para-hydroxylation sites is 1. The van der Waals surface area contributed by atoms with Crippen molar-refractivity contribution in [3.05, 3.63) is 87.4 Å². The summed E-state index contributed by atoms with van der Waals surface area (Å²) in [5, 5.41) is 7.33. The standard InChI is InChI=1S/C25H23BrClN3O4/c1-16(24(31)29-21-6-4-3-5-20(21)26)25(32)30-28-14-18-9-12-22(23(13-18)33-2)34-15-17-7-10-19(27)11-8-17/h3-14,16H,15H2,1-2H3,(H,29,31)(H,30,32). The molecule has 0 aliphatic rings. The molecule has 9 heteroatoms. The zero-order valence-electron chi connectivity index (χ0n) is 18.5. The number of hydrogen-bond donors (Lipinski definition) is 2. The van der Waals surface area contributed by atoms with Gasteiger partial charge in [-0.1, -0.05) is 35.9 Å². The first kappa shape index (κ1) is 25.3. The number of anilines is 1. The van der Waals surface area contributed by atoms with E-state index in [9.17, 15) is 9.59 Å². The highest BCUT2D eigenvalue weighted by molar-refractivity contribution is 9.10. The Hall–Kier alpha value is -3.36. The number of amides is 2. The number of ether oxygens (including phenoxy) is 2. The second-order valence-electron chi connectivity index (χ2n) is 7.25. The Morgan fingerprint density at radius 3 is 2.50 bits per heavy atom. The minimum atomic E-state index is -0.942. The molecule has 7 nitrogen and oxygen atoms in total. The first-order valence-electron chi connectivity index (χ1n) is 10.3. The van der Waals surface area contributed by atoms with Crippen LogP contribution < -0.4 is 20.2 Å². The number of methoxy groups -OCH3 is 1. The molecule has 1 unspecified atom stereocenters. The van der Waals surface area contributed by atoms with Gasteiger partial charge in [0.05, 0.1) is 19.0 Å². The predicted molar refractivity (Wildman–Crippen MR) is 136 cm³/mol. The molecule has 0 saturated heterocycles. The van der Waals surface area contributed by atoms with Crippen molar-refractivity contribution >= 4 is 51.2 Å². The summed E-state index contributed by atoms with van der Waals surface area (Å²) >= 11 is 9.26. The number of benzene rings is 3. The van der Waals surface area contributed by atoms with Crippen LogP contribution in [0, 0.1) is 5.92 Å². The Kier molecular flexibility index (Phi) is 9.07. The zero-order valence-corrected chi connectivity index (χ0v) is 20.9. The number of nitrogens with zero attached hydrogens (tertiary/aromatic N) is 1. The van der Waals surface area contributed by atoms with Gasteiger partial charge in [0.25, 0.3) is 5.91 Å². The van der Waals surface area contributed by atoms with E-state index in [0.717, 1.165) is 10.0 Å². The van der Waals surface area contributed by atoms with Crippen LogP contribution in [-0.2, 0) is 16.2 Å². The Bertz CT molecular complexity index is 1190. The molecule has 0 bridgehead atoms. The third kappa shape index (κ3) is 7.07. The van der Waals surface area contributed by atoms with Gasteiger partial charge in [0, 0.05) is 9.50 Å². The summed E-state index contributed by atoms with van der Waals surface area (Å²) in [7, 11) is 1.54. The summed E-state index contributed by atoms with van der Waals surface area (Å²) in [6.07, 6.45) is 1.46. The van der Waals surface area contributed by atoms with Crippen molar-refractivity contribution in [2.45, 2.75) is 13.5 Å². The van der Waals surface area contributed by atoms with Crippen molar-refractivity contribution in [1.29, 1.82) is 0 Å². The molecule has 3 rings (SSSR count). The Balaban J connectivity index is 1.55. The van der Waals surface area contributed by atoms with Crippen LogP contribution in [-0.4, -0.2) is 25.1 Å². The number of carbonyl (C=O) groups is 2. The molecule has 0 spiro atoms. The molecule has 34 heavy (non-hydrogen) atoms. The third-order valence-electron chi connectivity index (χ3n) is 4.80. The largest absolute Gasteiger partial charge is 0.493 e. The van der Waals surface area contributed by atoms with Crippen molar-refractivity contribution < 1.29 is 19.1 Å². The maximum atomic E-state index is 12.4. The molecule has 176 valence electrons. The van der Waals surface area contributed by atoms with Crippen molar-refractivity contribution in [3.63, 3.8) is 0 Å². The number of hydrazone groups is 1. The molecule has 2 amide bonds. The van der Waals surface area contributed by atoms with Gasteiger partial charge in [0.2, 0.25) is 5.91 Å². The van der Waals surface area contributed by atoms with E-state index < -0.39 is 17.7 Å². The monoisotopic (exact) mass is 543 g/mol. The van der Waals surface area contributed by atoms with Gasteiger partial charge >= 0.3 is 0 Å². The molecular weight excluding hydrogens is 522 g/mol. The second-order valence-corrected chi connectivity index (χ2v) is 8.54. The molecule has 0 aromatic heterocycles. The summed E-state index contributed by atoms with van der Waals surface area (Å²) in [6.45, 7) is 1.86. The molecular formula is C25H23BrClN3O4. The highest BCUT2D eigenvalue weighted by Gasteiger charge is 2.21. The molecule has 3 aromatic carbocycles. The van der Waals surface area contributed by atoms with Gasteiger partial charge in [-0.2, -0.15) is 5.10 Å². The van der Waals surface area contributed by atoms with E-state index in [1.54, 1.807) is 55.6 Å². The Morgan fingerprint density at radius 2 is 1.79 bits per heavy atom. The molecule has 0 aliphatic heterocycles. The number of carbonyl (C=O) groups excluding carboxylic acids is 2. The number of rotatable bonds is 9. The topological polar surface area (TPSA) is 89.0 Å². The van der Waals surface area contributed by atoms with Crippen LogP contribution in [0.4, 0.5) is 5.69 Å². The van der Waals surface area contributed by atoms with Gasteiger partial charge in [-0.15, -0.1) is 0 Å². The highest BCUT2D eigenvalue weighted by atomic mass is 79.9. The average molecular weight is 545 g/mol. The predicted octanol–water partition coefficient (Wildman–Crippen LogP) is 5.42.